The minimum absolute atomic E-state index is 0.0281. The number of hydrogen-bond donors (Lipinski definition) is 6. The van der Waals surface area contributed by atoms with Crippen LogP contribution >= 0.6 is 23.3 Å². The molecule has 5 heterocycles. The predicted octanol–water partition coefficient (Wildman–Crippen LogP) is -0.796. The third-order valence-corrected chi connectivity index (χ3v) is 8.86. The molecule has 7 N–H and O–H groups in total. The van der Waals surface area contributed by atoms with Gasteiger partial charge in [0.2, 0.25) is 17.1 Å². The number of hydrogen-bond acceptors (Lipinski definition) is 13. The highest BCUT2D eigenvalue weighted by Crippen LogP contribution is 2.40. The average molecular weight is 633 g/mol. The van der Waals surface area contributed by atoms with Crippen molar-refractivity contribution in [3.05, 3.63) is 41.6 Å². The Kier molecular flexibility index (Phi) is 8.52. The van der Waals surface area contributed by atoms with E-state index in [2.05, 4.69) is 30.5 Å². The highest BCUT2D eigenvalue weighted by molar-refractivity contribution is 8.00. The number of oxime groups is 1. The zero-order chi connectivity index (χ0) is 30.9. The molecular weight excluding hydrogens is 602 g/mol. The first kappa shape index (κ1) is 30.2. The van der Waals surface area contributed by atoms with Crippen LogP contribution in [0.5, 0.6) is 0 Å². The van der Waals surface area contributed by atoms with Gasteiger partial charge in [0.1, 0.15) is 17.1 Å². The number of pyridine rings is 1. The molecule has 0 bridgehead atoms. The number of nitrogens with two attached hydrogens (primary N) is 1. The number of aromatic nitrogens is 3. The fourth-order valence-corrected chi connectivity index (χ4v) is 6.39. The van der Waals surface area contributed by atoms with E-state index >= 15 is 0 Å². The zero-order valence-corrected chi connectivity index (χ0v) is 24.8. The number of rotatable bonds is 11. The number of amides is 2. The van der Waals surface area contributed by atoms with E-state index in [1.54, 1.807) is 0 Å². The van der Waals surface area contributed by atoms with Crippen molar-refractivity contribution in [3.63, 3.8) is 0 Å². The van der Waals surface area contributed by atoms with E-state index in [1.165, 1.54) is 30.5 Å². The molecule has 2 amide bonds. The van der Waals surface area contributed by atoms with Crippen molar-refractivity contribution < 1.29 is 38.8 Å². The number of nitrogens with zero attached hydrogens (tertiary/aromatic N) is 5. The highest BCUT2D eigenvalue weighted by atomic mass is 32.2. The maximum atomic E-state index is 13.2. The zero-order valence-electron chi connectivity index (χ0n) is 23.1. The number of thioether (sulfide) groups is 1. The number of anilines is 2. The smallest absolute Gasteiger partial charge is 0.352 e. The van der Waals surface area contributed by atoms with E-state index in [1.807, 2.05) is 29.1 Å². The minimum Gasteiger partial charge on any atom is -0.478 e. The van der Waals surface area contributed by atoms with E-state index in [0.717, 1.165) is 36.7 Å². The third-order valence-electron chi connectivity index (χ3n) is 6.98. The molecular formula is C25H30N9O7S2+. The molecule has 18 heteroatoms. The lowest BCUT2D eigenvalue weighted by molar-refractivity contribution is -0.688. The first-order valence-electron chi connectivity index (χ1n) is 13.2. The molecule has 3 unspecified atom stereocenters. The van der Waals surface area contributed by atoms with Crippen LogP contribution in [0.25, 0.3) is 0 Å². The van der Waals surface area contributed by atoms with E-state index in [9.17, 15) is 29.4 Å². The van der Waals surface area contributed by atoms with E-state index in [0.29, 0.717) is 17.4 Å². The maximum Gasteiger partial charge on any atom is 0.352 e. The summed E-state index contributed by atoms with van der Waals surface area (Å²) in [4.78, 5) is 60.3. The van der Waals surface area contributed by atoms with Gasteiger partial charge in [-0.15, -0.1) is 11.8 Å². The minimum atomic E-state index is -1.78. The molecule has 0 aliphatic carbocycles. The molecule has 0 aromatic carbocycles. The first-order chi connectivity index (χ1) is 20.4. The Labute approximate surface area is 253 Å². The molecule has 3 atom stereocenters. The predicted molar refractivity (Wildman–Crippen MR) is 155 cm³/mol. The Morgan fingerprint density at radius 3 is 2.65 bits per heavy atom. The summed E-state index contributed by atoms with van der Waals surface area (Å²) in [6, 6.07) is 3.12. The van der Waals surface area contributed by atoms with Crippen LogP contribution in [0, 0.1) is 0 Å². The third kappa shape index (κ3) is 6.40. The summed E-state index contributed by atoms with van der Waals surface area (Å²) >= 11 is 2.10. The second-order valence-corrected chi connectivity index (χ2v) is 12.4. The van der Waals surface area contributed by atoms with Crippen LogP contribution in [0.4, 0.5) is 10.8 Å². The average Bonchev–Trinajstić information content (AvgIpc) is 3.64. The van der Waals surface area contributed by atoms with Crippen molar-refractivity contribution in [2.24, 2.45) is 5.16 Å². The van der Waals surface area contributed by atoms with Crippen LogP contribution in [0.1, 0.15) is 26.1 Å². The number of carbonyl (C=O) groups excluding carboxylic acids is 2. The number of β-lactam (4-membered cyclic amide) rings is 1. The van der Waals surface area contributed by atoms with Crippen LogP contribution in [0.3, 0.4) is 0 Å². The Bertz CT molecular complexity index is 1500. The second kappa shape index (κ2) is 12.1. The molecule has 43 heavy (non-hydrogen) atoms. The monoisotopic (exact) mass is 632 g/mol. The van der Waals surface area contributed by atoms with Crippen LogP contribution in [0.2, 0.25) is 0 Å². The number of nitrogens with one attached hydrogen (secondary N) is 3. The van der Waals surface area contributed by atoms with Gasteiger partial charge in [0, 0.05) is 53.3 Å². The summed E-state index contributed by atoms with van der Waals surface area (Å²) in [7, 11) is 0. The molecule has 5 rings (SSSR count). The SMILES string of the molecule is CC(C)(O/N=C(\C(=O)NC1C(=O)N2C(C(=O)O)=C(C[n+]3ccc(NC4CCNC4)cc3)CSC12)c1nsc(N)n1)C(=O)O. The largest absolute Gasteiger partial charge is 0.478 e. The van der Waals surface area contributed by atoms with Gasteiger partial charge in [-0.25, -0.2) is 14.2 Å². The molecule has 0 radical (unpaired) electrons. The summed E-state index contributed by atoms with van der Waals surface area (Å²) in [5, 5.41) is 31.7. The normalized spacial score (nSPS) is 22.1. The Morgan fingerprint density at radius 2 is 2.05 bits per heavy atom. The van der Waals surface area contributed by atoms with Crippen molar-refractivity contribution in [2.45, 2.75) is 49.9 Å². The molecule has 2 fully saturated rings. The van der Waals surface area contributed by atoms with Crippen molar-refractivity contribution in [1.29, 1.82) is 0 Å². The quantitative estimate of drug-likeness (QED) is 0.0773. The summed E-state index contributed by atoms with van der Waals surface area (Å²) in [6.45, 7) is 4.60. The second-order valence-electron chi connectivity index (χ2n) is 10.5. The molecule has 3 aliphatic heterocycles. The fourth-order valence-electron chi connectivity index (χ4n) is 4.62. The van der Waals surface area contributed by atoms with Crippen LogP contribution in [0.15, 0.2) is 41.0 Å². The van der Waals surface area contributed by atoms with Crippen molar-refractivity contribution in [3.8, 4) is 0 Å². The Hall–Kier alpha value is -4.29. The summed E-state index contributed by atoms with van der Waals surface area (Å²) in [6.07, 6.45) is 4.74. The molecule has 228 valence electrons. The summed E-state index contributed by atoms with van der Waals surface area (Å²) in [5.74, 6) is -4.02. The van der Waals surface area contributed by atoms with Crippen LogP contribution < -0.4 is 26.3 Å². The molecule has 0 saturated carbocycles. The van der Waals surface area contributed by atoms with Gasteiger partial charge in [0.05, 0.1) is 0 Å². The summed E-state index contributed by atoms with van der Waals surface area (Å²) in [5.41, 5.74) is 4.76. The van der Waals surface area contributed by atoms with Crippen LogP contribution in [-0.4, -0.2) is 95.8 Å². The maximum absolute atomic E-state index is 13.2. The Balaban J connectivity index is 1.30. The molecule has 0 spiro atoms. The van der Waals surface area contributed by atoms with Crippen molar-refractivity contribution in [2.75, 3.05) is 29.9 Å². The number of aliphatic carboxylic acids is 2. The highest BCUT2D eigenvalue weighted by Gasteiger charge is 2.55. The Morgan fingerprint density at radius 1 is 1.30 bits per heavy atom. The molecule has 2 saturated heterocycles. The number of nitrogen functional groups attached to an aromatic ring is 1. The van der Waals surface area contributed by atoms with Gasteiger partial charge in [-0.2, -0.15) is 9.36 Å². The van der Waals surface area contributed by atoms with Crippen LogP contribution in [-0.2, 0) is 30.6 Å². The molecule has 16 nitrogen and oxygen atoms in total. The fraction of sp³-hybridized carbons (Fsp3) is 0.440. The van der Waals surface area contributed by atoms with E-state index < -0.39 is 46.5 Å². The topological polar surface area (TPSA) is 225 Å². The van der Waals surface area contributed by atoms with Gasteiger partial charge >= 0.3 is 11.9 Å². The standard InChI is InChI=1S/C25H29N9O7S2/c1-25(2,23(39)40)41-31-15(18-30-24(26)43-32-18)19(35)29-16-20(36)34-17(22(37)38)12(11-42-21(16)34)10-33-7-4-13(5-8-33)28-14-3-6-27-9-14/h4-5,7-8,14,16,21,27H,3,6,9-11H2,1-2H3,(H5,26,29,30,32,35,37,38,39,40)/p+1/b31-15-. The number of carboxylic acids is 2. The molecule has 2 aromatic rings. The van der Waals surface area contributed by atoms with Gasteiger partial charge < -0.3 is 36.7 Å². The van der Waals surface area contributed by atoms with Gasteiger partial charge in [-0.1, -0.05) is 5.16 Å². The number of fused-ring (bicyclic) bond motifs is 1. The number of carboxylic acid groups (broad SMARTS) is 2. The van der Waals surface area contributed by atoms with E-state index in [4.69, 9.17) is 10.6 Å². The molecule has 2 aromatic heterocycles. The van der Waals surface area contributed by atoms with Gasteiger partial charge in [0.15, 0.2) is 24.1 Å². The first-order valence-corrected chi connectivity index (χ1v) is 15.0. The van der Waals surface area contributed by atoms with Gasteiger partial charge in [0.25, 0.3) is 11.8 Å². The van der Waals surface area contributed by atoms with Gasteiger partial charge in [-0.05, 0) is 26.8 Å². The number of carbonyl (C=O) groups is 4. The lowest BCUT2D eigenvalue weighted by Gasteiger charge is -2.49. The van der Waals surface area contributed by atoms with E-state index in [-0.39, 0.29) is 23.2 Å². The van der Waals surface area contributed by atoms with Crippen molar-refractivity contribution in [1.82, 2.24) is 24.9 Å². The van der Waals surface area contributed by atoms with Gasteiger partial charge in [-0.3, -0.25) is 14.5 Å². The van der Waals surface area contributed by atoms with Crippen molar-refractivity contribution >= 4 is 63.6 Å². The molecule has 3 aliphatic rings. The summed E-state index contributed by atoms with van der Waals surface area (Å²) < 4.78 is 5.78. The lowest BCUT2D eigenvalue weighted by atomic mass is 10.0. The lowest BCUT2D eigenvalue weighted by Crippen LogP contribution is -2.71.